The number of amides is 1. The second-order valence-electron chi connectivity index (χ2n) is 4.51. The van der Waals surface area contributed by atoms with Gasteiger partial charge in [-0.05, 0) is 18.6 Å². The van der Waals surface area contributed by atoms with Crippen LogP contribution in [0.5, 0.6) is 0 Å². The van der Waals surface area contributed by atoms with Crippen LogP contribution in [0.15, 0.2) is 24.5 Å². The first kappa shape index (κ1) is 13.4. The summed E-state index contributed by atoms with van der Waals surface area (Å²) in [6.45, 7) is 2.98. The molecule has 2 heterocycles. The number of aromatic nitrogens is 1. The molecular weight excluding hydrogens is 246 g/mol. The van der Waals surface area contributed by atoms with Gasteiger partial charge in [0.1, 0.15) is 0 Å². The van der Waals surface area contributed by atoms with E-state index in [4.69, 9.17) is 0 Å². The van der Waals surface area contributed by atoms with Gasteiger partial charge in [0.2, 0.25) is 5.91 Å². The van der Waals surface area contributed by atoms with Gasteiger partial charge in [0.05, 0.1) is 6.04 Å². The van der Waals surface area contributed by atoms with Crippen molar-refractivity contribution in [3.8, 4) is 0 Å². The highest BCUT2D eigenvalue weighted by atomic mass is 32.2. The molecule has 0 aromatic carbocycles. The monoisotopic (exact) mass is 265 g/mol. The molecule has 0 aliphatic carbocycles. The molecule has 5 heteroatoms. The highest BCUT2D eigenvalue weighted by molar-refractivity contribution is 7.99. The van der Waals surface area contributed by atoms with E-state index >= 15 is 0 Å². The van der Waals surface area contributed by atoms with Crippen molar-refractivity contribution in [3.63, 3.8) is 0 Å². The second-order valence-corrected chi connectivity index (χ2v) is 5.66. The van der Waals surface area contributed by atoms with Crippen molar-refractivity contribution in [2.75, 3.05) is 18.1 Å². The molecule has 1 unspecified atom stereocenters. The lowest BCUT2D eigenvalue weighted by Crippen LogP contribution is -2.41. The molecule has 98 valence electrons. The largest absolute Gasteiger partial charge is 0.349 e. The Bertz CT molecular complexity index is 379. The normalized spacial score (nSPS) is 21.3. The van der Waals surface area contributed by atoms with Gasteiger partial charge in [-0.1, -0.05) is 6.07 Å². The zero-order valence-electron chi connectivity index (χ0n) is 10.6. The Balaban J connectivity index is 1.80. The number of thioether (sulfide) groups is 1. The van der Waals surface area contributed by atoms with Crippen LogP contribution in [0.25, 0.3) is 0 Å². The van der Waals surface area contributed by atoms with Crippen LogP contribution in [0, 0.1) is 0 Å². The molecule has 1 aliphatic heterocycles. The SMILES string of the molecule is C[C@H](NC(=O)CC1CSCCN1)c1cccnc1. The van der Waals surface area contributed by atoms with Gasteiger partial charge < -0.3 is 10.6 Å². The predicted molar refractivity (Wildman–Crippen MR) is 74.5 cm³/mol. The molecule has 2 N–H and O–H groups in total. The van der Waals surface area contributed by atoms with Gasteiger partial charge in [0, 0.05) is 42.9 Å². The van der Waals surface area contributed by atoms with E-state index in [1.807, 2.05) is 30.8 Å². The molecule has 1 aromatic rings. The molecule has 0 bridgehead atoms. The molecule has 1 amide bonds. The molecule has 1 saturated heterocycles. The lowest BCUT2D eigenvalue weighted by atomic mass is 10.1. The summed E-state index contributed by atoms with van der Waals surface area (Å²) in [7, 11) is 0. The first-order valence-electron chi connectivity index (χ1n) is 6.26. The zero-order valence-corrected chi connectivity index (χ0v) is 11.4. The van der Waals surface area contributed by atoms with E-state index < -0.39 is 0 Å². The van der Waals surface area contributed by atoms with E-state index in [-0.39, 0.29) is 11.9 Å². The molecule has 2 atom stereocenters. The van der Waals surface area contributed by atoms with Crippen molar-refractivity contribution in [2.45, 2.75) is 25.4 Å². The van der Waals surface area contributed by atoms with E-state index in [2.05, 4.69) is 15.6 Å². The summed E-state index contributed by atoms with van der Waals surface area (Å²) in [6.07, 6.45) is 4.08. The molecule has 1 aromatic heterocycles. The first-order chi connectivity index (χ1) is 8.75. The van der Waals surface area contributed by atoms with Gasteiger partial charge in [0.15, 0.2) is 0 Å². The fraction of sp³-hybridized carbons (Fsp3) is 0.538. The Morgan fingerprint density at radius 3 is 3.28 bits per heavy atom. The zero-order chi connectivity index (χ0) is 12.8. The van der Waals surface area contributed by atoms with Crippen LogP contribution >= 0.6 is 11.8 Å². The Hall–Kier alpha value is -1.07. The molecule has 0 spiro atoms. The third-order valence-corrected chi connectivity index (χ3v) is 4.12. The minimum Gasteiger partial charge on any atom is -0.349 e. The van der Waals surface area contributed by atoms with E-state index in [0.717, 1.165) is 23.6 Å². The van der Waals surface area contributed by atoms with Crippen LogP contribution in [0.1, 0.15) is 24.9 Å². The Morgan fingerprint density at radius 1 is 1.72 bits per heavy atom. The lowest BCUT2D eigenvalue weighted by Gasteiger charge is -2.23. The van der Waals surface area contributed by atoms with Gasteiger partial charge in [-0.15, -0.1) is 0 Å². The summed E-state index contributed by atoms with van der Waals surface area (Å²) >= 11 is 1.91. The molecule has 18 heavy (non-hydrogen) atoms. The second kappa shape index (κ2) is 6.75. The summed E-state index contributed by atoms with van der Waals surface area (Å²) in [6, 6.07) is 4.19. The summed E-state index contributed by atoms with van der Waals surface area (Å²) in [4.78, 5) is 16.0. The Labute approximate surface area is 112 Å². The maximum Gasteiger partial charge on any atom is 0.222 e. The predicted octanol–water partition coefficient (Wildman–Crippen LogP) is 1.35. The Kier molecular flexibility index (Phi) is 5.01. The summed E-state index contributed by atoms with van der Waals surface area (Å²) in [5.74, 6) is 2.27. The molecule has 4 nitrogen and oxygen atoms in total. The van der Waals surface area contributed by atoms with Gasteiger partial charge in [-0.3, -0.25) is 9.78 Å². The molecule has 1 fully saturated rings. The molecule has 0 radical (unpaired) electrons. The minimum atomic E-state index is 0.0162. The highest BCUT2D eigenvalue weighted by Gasteiger charge is 2.18. The molecule has 2 rings (SSSR count). The number of hydrogen-bond donors (Lipinski definition) is 2. The van der Waals surface area contributed by atoms with Crippen molar-refractivity contribution in [2.24, 2.45) is 0 Å². The van der Waals surface area contributed by atoms with Crippen molar-refractivity contribution in [1.29, 1.82) is 0 Å². The van der Waals surface area contributed by atoms with Crippen molar-refractivity contribution >= 4 is 17.7 Å². The smallest absolute Gasteiger partial charge is 0.222 e. The van der Waals surface area contributed by atoms with E-state index in [1.165, 1.54) is 0 Å². The van der Waals surface area contributed by atoms with Gasteiger partial charge >= 0.3 is 0 Å². The van der Waals surface area contributed by atoms with Crippen LogP contribution in [0.4, 0.5) is 0 Å². The van der Waals surface area contributed by atoms with Gasteiger partial charge in [0.25, 0.3) is 0 Å². The summed E-state index contributed by atoms with van der Waals surface area (Å²) in [5.41, 5.74) is 1.04. The summed E-state index contributed by atoms with van der Waals surface area (Å²) in [5, 5.41) is 6.38. The van der Waals surface area contributed by atoms with Gasteiger partial charge in [-0.2, -0.15) is 11.8 Å². The number of nitrogens with zero attached hydrogens (tertiary/aromatic N) is 1. The minimum absolute atomic E-state index is 0.0162. The van der Waals surface area contributed by atoms with E-state index in [9.17, 15) is 4.79 Å². The number of nitrogens with one attached hydrogen (secondary N) is 2. The third-order valence-electron chi connectivity index (χ3n) is 2.99. The van der Waals surface area contributed by atoms with Crippen LogP contribution in [-0.4, -0.2) is 35.0 Å². The number of rotatable bonds is 4. The lowest BCUT2D eigenvalue weighted by molar-refractivity contribution is -0.122. The van der Waals surface area contributed by atoms with Crippen molar-refractivity contribution in [1.82, 2.24) is 15.6 Å². The molecule has 1 aliphatic rings. The topological polar surface area (TPSA) is 54.0 Å². The van der Waals surface area contributed by atoms with Crippen molar-refractivity contribution < 1.29 is 4.79 Å². The van der Waals surface area contributed by atoms with E-state index in [1.54, 1.807) is 12.4 Å². The first-order valence-corrected chi connectivity index (χ1v) is 7.41. The van der Waals surface area contributed by atoms with Crippen LogP contribution in [-0.2, 0) is 4.79 Å². The van der Waals surface area contributed by atoms with Crippen molar-refractivity contribution in [3.05, 3.63) is 30.1 Å². The Morgan fingerprint density at radius 2 is 2.61 bits per heavy atom. The third kappa shape index (κ3) is 3.99. The van der Waals surface area contributed by atoms with Crippen LogP contribution in [0.2, 0.25) is 0 Å². The number of pyridine rings is 1. The molecule has 0 saturated carbocycles. The quantitative estimate of drug-likeness (QED) is 0.863. The average Bonchev–Trinajstić information content (AvgIpc) is 2.40. The molecular formula is C13H19N3OS. The maximum atomic E-state index is 11.9. The fourth-order valence-corrected chi connectivity index (χ4v) is 2.94. The maximum absolute atomic E-state index is 11.9. The fourth-order valence-electron chi connectivity index (χ4n) is 1.99. The van der Waals surface area contributed by atoms with Crippen LogP contribution < -0.4 is 10.6 Å². The number of carbonyl (C=O) groups is 1. The van der Waals surface area contributed by atoms with E-state index in [0.29, 0.717) is 12.5 Å². The van der Waals surface area contributed by atoms with Crippen LogP contribution in [0.3, 0.4) is 0 Å². The average molecular weight is 265 g/mol. The standard InChI is InChI=1S/C13H19N3OS/c1-10(11-3-2-4-14-8-11)16-13(17)7-12-9-18-6-5-15-12/h2-4,8,10,12,15H,5-7,9H2,1H3,(H,16,17)/t10-,12?/m0/s1. The summed E-state index contributed by atoms with van der Waals surface area (Å²) < 4.78 is 0. The number of carbonyl (C=O) groups excluding carboxylic acids is 1. The highest BCUT2D eigenvalue weighted by Crippen LogP contribution is 2.13. The number of hydrogen-bond acceptors (Lipinski definition) is 4. The van der Waals surface area contributed by atoms with Gasteiger partial charge in [-0.25, -0.2) is 0 Å².